The Balaban J connectivity index is 1.94. The molecule has 1 aliphatic rings. The van der Waals surface area contributed by atoms with Crippen LogP contribution in [0.25, 0.3) is 10.4 Å². The molecule has 0 aliphatic carbocycles. The number of terminal acetylenes is 1. The summed E-state index contributed by atoms with van der Waals surface area (Å²) in [5.74, 6) is 2.86. The number of piperidine rings is 1. The molecular formula is C17H16N4OS. The van der Waals surface area contributed by atoms with Gasteiger partial charge in [0.2, 0.25) is 5.91 Å². The smallest absolute Gasteiger partial charge is 0.228 e. The van der Waals surface area contributed by atoms with E-state index in [2.05, 4.69) is 15.9 Å². The summed E-state index contributed by atoms with van der Waals surface area (Å²) >= 11 is 1.53. The first-order valence-corrected chi connectivity index (χ1v) is 7.97. The fourth-order valence-corrected chi connectivity index (χ4v) is 3.68. The monoisotopic (exact) mass is 324 g/mol. The number of hydrogen-bond donors (Lipinski definition) is 1. The number of nitrogens with zero attached hydrogens (tertiary/aromatic N) is 3. The number of aromatic nitrogens is 2. The fraction of sp³-hybridized carbons (Fsp3) is 0.294. The van der Waals surface area contributed by atoms with E-state index in [4.69, 9.17) is 11.8 Å². The first-order valence-electron chi connectivity index (χ1n) is 7.15. The van der Waals surface area contributed by atoms with E-state index >= 15 is 0 Å². The van der Waals surface area contributed by atoms with Crippen molar-refractivity contribution in [3.05, 3.63) is 35.2 Å². The van der Waals surface area contributed by atoms with Crippen LogP contribution < -0.4 is 0 Å². The molecule has 0 radical (unpaired) electrons. The average molecular weight is 324 g/mol. The Labute approximate surface area is 138 Å². The van der Waals surface area contributed by atoms with Crippen LogP contribution in [-0.4, -0.2) is 33.7 Å². The van der Waals surface area contributed by atoms with Gasteiger partial charge in [-0.05, 0) is 6.07 Å². The van der Waals surface area contributed by atoms with Crippen LogP contribution in [0.5, 0.6) is 0 Å². The molecule has 1 aliphatic heterocycles. The molecule has 3 heterocycles. The van der Waals surface area contributed by atoms with Crippen LogP contribution in [0.1, 0.15) is 30.3 Å². The molecule has 1 saturated heterocycles. The number of carbonyl (C=O) groups excluding carboxylic acids is 1. The van der Waals surface area contributed by atoms with Crippen LogP contribution >= 0.6 is 11.3 Å². The van der Waals surface area contributed by atoms with E-state index in [-0.39, 0.29) is 5.91 Å². The standard InChI is InChI=1S/C17H16N4OS/c1-4-11-5-12(9-19-8-11)13-10-20-16(23-13)17(2)6-14(18)21(3)15(22)7-17/h1,5,8-10,18H,6-7H2,2-3H3/t17-/m0/s1. The van der Waals surface area contributed by atoms with Crippen LogP contribution in [0.2, 0.25) is 0 Å². The summed E-state index contributed by atoms with van der Waals surface area (Å²) < 4.78 is 0. The summed E-state index contributed by atoms with van der Waals surface area (Å²) in [6.45, 7) is 1.99. The molecule has 3 rings (SSSR count). The first-order chi connectivity index (χ1) is 10.9. The van der Waals surface area contributed by atoms with Gasteiger partial charge in [-0.3, -0.25) is 15.2 Å². The molecule has 1 N–H and O–H groups in total. The zero-order valence-corrected chi connectivity index (χ0v) is 13.8. The third-order valence-electron chi connectivity index (χ3n) is 4.09. The molecule has 0 saturated carbocycles. The van der Waals surface area contributed by atoms with Gasteiger partial charge in [0.15, 0.2) is 0 Å². The molecule has 1 atom stereocenters. The molecule has 1 amide bonds. The van der Waals surface area contributed by atoms with Crippen molar-refractivity contribution in [2.45, 2.75) is 25.2 Å². The fourth-order valence-electron chi connectivity index (χ4n) is 2.64. The molecule has 1 fully saturated rings. The second-order valence-corrected chi connectivity index (χ2v) is 6.98. The third-order valence-corrected chi connectivity index (χ3v) is 5.44. The molecular weight excluding hydrogens is 308 g/mol. The van der Waals surface area contributed by atoms with Gasteiger partial charge in [0, 0.05) is 55.0 Å². The maximum atomic E-state index is 12.1. The zero-order valence-electron chi connectivity index (χ0n) is 13.0. The number of hydrogen-bond acceptors (Lipinski definition) is 5. The lowest BCUT2D eigenvalue weighted by Crippen LogP contribution is -2.46. The molecule has 0 unspecified atom stereocenters. The highest BCUT2D eigenvalue weighted by atomic mass is 32.1. The van der Waals surface area contributed by atoms with Crippen LogP contribution in [-0.2, 0) is 10.2 Å². The Morgan fingerprint density at radius 3 is 2.87 bits per heavy atom. The van der Waals surface area contributed by atoms with Crippen molar-refractivity contribution >= 4 is 23.1 Å². The van der Waals surface area contributed by atoms with Gasteiger partial charge in [-0.2, -0.15) is 0 Å². The van der Waals surface area contributed by atoms with Crippen molar-refractivity contribution in [1.82, 2.24) is 14.9 Å². The molecule has 2 aromatic rings. The number of pyridine rings is 1. The number of nitrogens with one attached hydrogen (secondary N) is 1. The number of likely N-dealkylation sites (tertiary alicyclic amines) is 1. The molecule has 0 aromatic carbocycles. The second-order valence-electron chi connectivity index (χ2n) is 5.95. The largest absolute Gasteiger partial charge is 0.304 e. The SMILES string of the molecule is C#Cc1cncc(-c2cnc([C@@]3(C)CC(=N)N(C)C(=O)C3)s2)c1. The molecule has 5 nitrogen and oxygen atoms in total. The number of amidine groups is 1. The minimum Gasteiger partial charge on any atom is -0.304 e. The van der Waals surface area contributed by atoms with Gasteiger partial charge in [-0.25, -0.2) is 4.98 Å². The topological polar surface area (TPSA) is 69.9 Å². The van der Waals surface area contributed by atoms with Crippen molar-refractivity contribution in [1.29, 1.82) is 5.41 Å². The second kappa shape index (κ2) is 5.60. The predicted molar refractivity (Wildman–Crippen MR) is 90.4 cm³/mol. The molecule has 23 heavy (non-hydrogen) atoms. The summed E-state index contributed by atoms with van der Waals surface area (Å²) in [5, 5.41) is 8.87. The maximum Gasteiger partial charge on any atom is 0.228 e. The summed E-state index contributed by atoms with van der Waals surface area (Å²) in [5.41, 5.74) is 1.21. The van der Waals surface area contributed by atoms with Gasteiger partial charge >= 0.3 is 0 Å². The van der Waals surface area contributed by atoms with Crippen molar-refractivity contribution in [2.24, 2.45) is 0 Å². The first kappa shape index (κ1) is 15.4. The van der Waals surface area contributed by atoms with E-state index in [0.717, 1.165) is 21.0 Å². The average Bonchev–Trinajstić information content (AvgIpc) is 3.03. The zero-order chi connectivity index (χ0) is 16.6. The number of thiazole rings is 1. The van der Waals surface area contributed by atoms with E-state index in [0.29, 0.717) is 18.7 Å². The van der Waals surface area contributed by atoms with E-state index in [1.165, 1.54) is 16.2 Å². The molecule has 116 valence electrons. The quantitative estimate of drug-likeness (QED) is 0.864. The van der Waals surface area contributed by atoms with Gasteiger partial charge in [-0.15, -0.1) is 17.8 Å². The van der Waals surface area contributed by atoms with E-state index in [1.807, 2.05) is 13.0 Å². The highest BCUT2D eigenvalue weighted by Gasteiger charge is 2.40. The number of rotatable bonds is 2. The Hall–Kier alpha value is -2.52. The molecule has 2 aromatic heterocycles. The normalized spacial score (nSPS) is 21.3. The molecule has 0 spiro atoms. The van der Waals surface area contributed by atoms with Gasteiger partial charge in [0.1, 0.15) is 5.84 Å². The van der Waals surface area contributed by atoms with Gasteiger partial charge < -0.3 is 4.90 Å². The van der Waals surface area contributed by atoms with Crippen LogP contribution in [0.4, 0.5) is 0 Å². The lowest BCUT2D eigenvalue weighted by Gasteiger charge is -2.36. The third kappa shape index (κ3) is 2.76. The van der Waals surface area contributed by atoms with E-state index in [9.17, 15) is 4.79 Å². The summed E-state index contributed by atoms with van der Waals surface area (Å²) in [6, 6.07) is 1.90. The van der Waals surface area contributed by atoms with Crippen molar-refractivity contribution in [3.63, 3.8) is 0 Å². The molecule has 6 heteroatoms. The summed E-state index contributed by atoms with van der Waals surface area (Å²) in [4.78, 5) is 23.1. The Morgan fingerprint density at radius 2 is 2.17 bits per heavy atom. The van der Waals surface area contributed by atoms with Crippen molar-refractivity contribution in [3.8, 4) is 22.8 Å². The van der Waals surface area contributed by atoms with Crippen LogP contribution in [0.15, 0.2) is 24.7 Å². The van der Waals surface area contributed by atoms with E-state index in [1.54, 1.807) is 25.6 Å². The number of amides is 1. The highest BCUT2D eigenvalue weighted by Crippen LogP contribution is 2.40. The minimum atomic E-state index is -0.430. The predicted octanol–water partition coefficient (Wildman–Crippen LogP) is 2.67. The minimum absolute atomic E-state index is 0.0449. The van der Waals surface area contributed by atoms with Crippen LogP contribution in [0.3, 0.4) is 0 Å². The van der Waals surface area contributed by atoms with Gasteiger partial charge in [0.25, 0.3) is 0 Å². The Morgan fingerprint density at radius 1 is 1.39 bits per heavy atom. The van der Waals surface area contributed by atoms with Crippen molar-refractivity contribution in [2.75, 3.05) is 7.05 Å². The summed E-state index contributed by atoms with van der Waals surface area (Å²) in [6.07, 6.45) is 11.5. The Kier molecular flexibility index (Phi) is 3.74. The number of carbonyl (C=O) groups is 1. The molecule has 0 bridgehead atoms. The lowest BCUT2D eigenvalue weighted by atomic mass is 9.80. The maximum absolute atomic E-state index is 12.1. The van der Waals surface area contributed by atoms with Crippen molar-refractivity contribution < 1.29 is 4.79 Å². The van der Waals surface area contributed by atoms with Gasteiger partial charge in [-0.1, -0.05) is 12.8 Å². The highest BCUT2D eigenvalue weighted by molar-refractivity contribution is 7.15. The van der Waals surface area contributed by atoms with Gasteiger partial charge in [0.05, 0.1) is 9.88 Å². The lowest BCUT2D eigenvalue weighted by molar-refractivity contribution is -0.128. The van der Waals surface area contributed by atoms with E-state index < -0.39 is 5.41 Å². The Bertz CT molecular complexity index is 815. The summed E-state index contributed by atoms with van der Waals surface area (Å²) in [7, 11) is 1.65. The van der Waals surface area contributed by atoms with Crippen LogP contribution in [0, 0.1) is 17.8 Å².